The number of carbonyl (C=O) groups is 1. The second-order valence-corrected chi connectivity index (χ2v) is 5.87. The lowest BCUT2D eigenvalue weighted by Gasteiger charge is -2.36. The molecule has 2 N–H and O–H groups in total. The number of hydrogen-bond donors (Lipinski definition) is 1. The summed E-state index contributed by atoms with van der Waals surface area (Å²) >= 11 is 0. The third-order valence-corrected chi connectivity index (χ3v) is 4.36. The maximum Gasteiger partial charge on any atom is 0.239 e. The number of nitrogens with zero attached hydrogens (tertiary/aromatic N) is 3. The number of rotatable bonds is 5. The van der Waals surface area contributed by atoms with E-state index in [2.05, 4.69) is 22.9 Å². The minimum atomic E-state index is -0.361. The van der Waals surface area contributed by atoms with Crippen molar-refractivity contribution in [2.24, 2.45) is 11.7 Å². The summed E-state index contributed by atoms with van der Waals surface area (Å²) < 4.78 is 0. The molecule has 1 aliphatic heterocycles. The first-order valence-corrected chi connectivity index (χ1v) is 7.77. The van der Waals surface area contributed by atoms with Gasteiger partial charge in [-0.25, -0.2) is 0 Å². The summed E-state index contributed by atoms with van der Waals surface area (Å²) in [6, 6.07) is 3.68. The molecule has 116 valence electrons. The number of pyridine rings is 1. The molecule has 5 heteroatoms. The third-order valence-electron chi connectivity index (χ3n) is 4.36. The fourth-order valence-electron chi connectivity index (χ4n) is 2.58. The van der Waals surface area contributed by atoms with Crippen LogP contribution in [0.1, 0.15) is 25.8 Å². The number of hydrogen-bond acceptors (Lipinski definition) is 4. The molecule has 0 aromatic carbocycles. The van der Waals surface area contributed by atoms with Crippen LogP contribution in [0.4, 0.5) is 0 Å². The molecular weight excluding hydrogens is 264 g/mol. The van der Waals surface area contributed by atoms with E-state index >= 15 is 0 Å². The molecule has 0 unspecified atom stereocenters. The van der Waals surface area contributed by atoms with Crippen LogP contribution in [0.3, 0.4) is 0 Å². The van der Waals surface area contributed by atoms with Crippen molar-refractivity contribution < 1.29 is 4.79 Å². The van der Waals surface area contributed by atoms with Gasteiger partial charge < -0.3 is 10.6 Å². The number of aromatic nitrogens is 1. The van der Waals surface area contributed by atoms with Crippen LogP contribution in [0.15, 0.2) is 24.5 Å². The molecule has 1 aliphatic rings. The molecule has 1 aromatic heterocycles. The Balaban J connectivity index is 1.81. The topological polar surface area (TPSA) is 62.5 Å². The van der Waals surface area contributed by atoms with E-state index in [0.29, 0.717) is 0 Å². The molecule has 5 nitrogen and oxygen atoms in total. The van der Waals surface area contributed by atoms with Gasteiger partial charge in [0.15, 0.2) is 0 Å². The van der Waals surface area contributed by atoms with Crippen molar-refractivity contribution in [3.63, 3.8) is 0 Å². The Morgan fingerprint density at radius 3 is 2.67 bits per heavy atom. The van der Waals surface area contributed by atoms with Crippen LogP contribution in [0.2, 0.25) is 0 Å². The zero-order valence-electron chi connectivity index (χ0n) is 13.0. The molecule has 1 fully saturated rings. The smallest absolute Gasteiger partial charge is 0.239 e. The molecule has 2 atom stereocenters. The Kier molecular flexibility index (Phi) is 5.70. The van der Waals surface area contributed by atoms with E-state index in [-0.39, 0.29) is 17.9 Å². The molecule has 1 aromatic rings. The highest BCUT2D eigenvalue weighted by molar-refractivity contribution is 5.82. The maximum atomic E-state index is 12.3. The summed E-state index contributed by atoms with van der Waals surface area (Å²) in [6.07, 6.45) is 4.63. The molecule has 0 radical (unpaired) electrons. The van der Waals surface area contributed by atoms with E-state index < -0.39 is 0 Å². The summed E-state index contributed by atoms with van der Waals surface area (Å²) in [5, 5.41) is 0. The molecule has 2 heterocycles. The van der Waals surface area contributed by atoms with Gasteiger partial charge in [-0.1, -0.05) is 26.3 Å². The maximum absolute atomic E-state index is 12.3. The van der Waals surface area contributed by atoms with Gasteiger partial charge in [0, 0.05) is 45.1 Å². The van der Waals surface area contributed by atoms with E-state index in [4.69, 9.17) is 5.73 Å². The van der Waals surface area contributed by atoms with Crippen LogP contribution >= 0.6 is 0 Å². The highest BCUT2D eigenvalue weighted by Crippen LogP contribution is 2.12. The minimum absolute atomic E-state index is 0.102. The monoisotopic (exact) mass is 290 g/mol. The van der Waals surface area contributed by atoms with Gasteiger partial charge in [-0.05, 0) is 17.5 Å². The Bertz CT molecular complexity index is 443. The predicted octanol–water partition coefficient (Wildman–Crippen LogP) is 1.10. The zero-order valence-corrected chi connectivity index (χ0v) is 13.0. The molecule has 0 saturated carbocycles. The average Bonchev–Trinajstić information content (AvgIpc) is 2.54. The Morgan fingerprint density at radius 2 is 2.10 bits per heavy atom. The summed E-state index contributed by atoms with van der Waals surface area (Å²) in [6.45, 7) is 8.34. The summed E-state index contributed by atoms with van der Waals surface area (Å²) in [4.78, 5) is 20.7. The summed E-state index contributed by atoms with van der Waals surface area (Å²) in [5.74, 6) is 0.344. The van der Waals surface area contributed by atoms with Crippen molar-refractivity contribution in [3.05, 3.63) is 30.1 Å². The van der Waals surface area contributed by atoms with E-state index in [1.807, 2.05) is 24.1 Å². The number of piperazine rings is 1. The molecular formula is C16H26N4O. The lowest BCUT2D eigenvalue weighted by Crippen LogP contribution is -2.54. The van der Waals surface area contributed by atoms with Gasteiger partial charge in [0.05, 0.1) is 6.04 Å². The number of amides is 1. The second-order valence-electron chi connectivity index (χ2n) is 5.87. The standard InChI is InChI=1S/C16H26N4O/c1-3-13(2)15(17)16(21)20-9-7-19(8-10-20)12-14-5-4-6-18-11-14/h4-6,11,13,15H,3,7-10,12,17H2,1-2H3/t13-,15-/m0/s1. The SMILES string of the molecule is CC[C@H](C)[C@H](N)C(=O)N1CCN(Cc2cccnc2)CC1. The van der Waals surface area contributed by atoms with Crippen LogP contribution in [-0.2, 0) is 11.3 Å². The van der Waals surface area contributed by atoms with E-state index in [9.17, 15) is 4.79 Å². The highest BCUT2D eigenvalue weighted by Gasteiger charge is 2.27. The normalized spacial score (nSPS) is 19.3. The first-order valence-electron chi connectivity index (χ1n) is 7.77. The third kappa shape index (κ3) is 4.25. The van der Waals surface area contributed by atoms with Gasteiger partial charge in [0.25, 0.3) is 0 Å². The predicted molar refractivity (Wildman–Crippen MR) is 83.5 cm³/mol. The van der Waals surface area contributed by atoms with Gasteiger partial charge in [-0.2, -0.15) is 0 Å². The van der Waals surface area contributed by atoms with Gasteiger partial charge in [0.1, 0.15) is 0 Å². The van der Waals surface area contributed by atoms with Crippen LogP contribution in [0.25, 0.3) is 0 Å². The second kappa shape index (κ2) is 7.52. The van der Waals surface area contributed by atoms with Gasteiger partial charge in [-0.3, -0.25) is 14.7 Å². The Morgan fingerprint density at radius 1 is 1.38 bits per heavy atom. The molecule has 2 rings (SSSR count). The largest absolute Gasteiger partial charge is 0.339 e. The summed E-state index contributed by atoms with van der Waals surface area (Å²) in [7, 11) is 0. The zero-order chi connectivity index (χ0) is 15.2. The molecule has 1 saturated heterocycles. The van der Waals surface area contributed by atoms with E-state index in [1.165, 1.54) is 5.56 Å². The van der Waals surface area contributed by atoms with Crippen LogP contribution in [0, 0.1) is 5.92 Å². The molecule has 1 amide bonds. The Hall–Kier alpha value is -1.46. The van der Waals surface area contributed by atoms with Crippen molar-refractivity contribution in [2.45, 2.75) is 32.9 Å². The summed E-state index contributed by atoms with van der Waals surface area (Å²) in [5.41, 5.74) is 7.26. The molecule has 0 spiro atoms. The molecule has 0 bridgehead atoms. The quantitative estimate of drug-likeness (QED) is 0.882. The lowest BCUT2D eigenvalue weighted by atomic mass is 9.98. The van der Waals surface area contributed by atoms with Gasteiger partial charge in [0.2, 0.25) is 5.91 Å². The van der Waals surface area contributed by atoms with E-state index in [1.54, 1.807) is 6.20 Å². The van der Waals surface area contributed by atoms with Crippen LogP contribution in [-0.4, -0.2) is 52.9 Å². The highest BCUT2D eigenvalue weighted by atomic mass is 16.2. The average molecular weight is 290 g/mol. The van der Waals surface area contributed by atoms with Crippen molar-refractivity contribution in [1.29, 1.82) is 0 Å². The number of carbonyl (C=O) groups excluding carboxylic acids is 1. The fourth-order valence-corrected chi connectivity index (χ4v) is 2.58. The first-order chi connectivity index (χ1) is 10.1. The Labute approximate surface area is 127 Å². The first kappa shape index (κ1) is 15.9. The van der Waals surface area contributed by atoms with Crippen molar-refractivity contribution in [3.8, 4) is 0 Å². The number of nitrogens with two attached hydrogens (primary N) is 1. The van der Waals surface area contributed by atoms with E-state index in [0.717, 1.165) is 39.1 Å². The fraction of sp³-hybridized carbons (Fsp3) is 0.625. The van der Waals surface area contributed by atoms with Gasteiger partial charge in [-0.15, -0.1) is 0 Å². The van der Waals surface area contributed by atoms with Crippen molar-refractivity contribution in [2.75, 3.05) is 26.2 Å². The minimum Gasteiger partial charge on any atom is -0.339 e. The lowest BCUT2D eigenvalue weighted by molar-refractivity contribution is -0.135. The van der Waals surface area contributed by atoms with Crippen LogP contribution < -0.4 is 5.73 Å². The van der Waals surface area contributed by atoms with Gasteiger partial charge >= 0.3 is 0 Å². The van der Waals surface area contributed by atoms with Crippen LogP contribution in [0.5, 0.6) is 0 Å². The molecule has 21 heavy (non-hydrogen) atoms. The van der Waals surface area contributed by atoms with Crippen molar-refractivity contribution in [1.82, 2.24) is 14.8 Å². The molecule has 0 aliphatic carbocycles. The van der Waals surface area contributed by atoms with Crippen molar-refractivity contribution >= 4 is 5.91 Å².